The van der Waals surface area contributed by atoms with E-state index in [0.29, 0.717) is 0 Å². The largest absolute Gasteiger partial charge is 0.299 e. The van der Waals surface area contributed by atoms with E-state index in [1.165, 1.54) is 164 Å². The number of nitrogens with zero attached hydrogens (tertiary/aromatic N) is 1. The van der Waals surface area contributed by atoms with E-state index in [4.69, 9.17) is 0 Å². The summed E-state index contributed by atoms with van der Waals surface area (Å²) in [5.41, 5.74) is 10.8. The van der Waals surface area contributed by atoms with Crippen molar-refractivity contribution in [3.8, 4) is 0 Å². The maximum Gasteiger partial charge on any atom is 0.0233 e. The number of benzene rings is 1. The van der Waals surface area contributed by atoms with Crippen LogP contribution in [0.1, 0.15) is 174 Å². The quantitative estimate of drug-likeness (QED) is 0.0584. The van der Waals surface area contributed by atoms with Crippen LogP contribution in [0, 0.1) is 5.92 Å². The molecule has 1 fully saturated rings. The van der Waals surface area contributed by atoms with Crippen molar-refractivity contribution in [1.29, 1.82) is 0 Å². The third kappa shape index (κ3) is 15.3. The summed E-state index contributed by atoms with van der Waals surface area (Å²) in [5.74, 6) is 0.825. The average Bonchev–Trinajstić information content (AvgIpc) is 3.45. The van der Waals surface area contributed by atoms with E-state index < -0.39 is 0 Å². The van der Waals surface area contributed by atoms with Gasteiger partial charge >= 0.3 is 0 Å². The summed E-state index contributed by atoms with van der Waals surface area (Å²) in [4.78, 5) is 2.67. The molecule has 1 aromatic carbocycles. The number of hydrogen-bond donors (Lipinski definition) is 0. The van der Waals surface area contributed by atoms with Crippen LogP contribution in [0.2, 0.25) is 0 Å². The number of unbranched alkanes of at least 4 members (excludes halogenated alkanes) is 13. The highest BCUT2D eigenvalue weighted by Crippen LogP contribution is 2.41. The molecule has 0 radical (unpaired) electrons. The first-order valence-corrected chi connectivity index (χ1v) is 20.3. The molecule has 0 spiro atoms. The Labute approximate surface area is 292 Å². The number of piperidine rings is 1. The number of rotatable bonds is 25. The van der Waals surface area contributed by atoms with Crippen LogP contribution in [0.3, 0.4) is 0 Å². The van der Waals surface area contributed by atoms with Crippen LogP contribution in [0.15, 0.2) is 89.1 Å². The van der Waals surface area contributed by atoms with E-state index in [1.807, 2.05) is 0 Å². The first-order chi connectivity index (χ1) is 23.1. The average molecular weight is 640 g/mol. The zero-order valence-corrected chi connectivity index (χ0v) is 31.4. The lowest BCUT2D eigenvalue weighted by Crippen LogP contribution is -2.33. The van der Waals surface area contributed by atoms with Crippen molar-refractivity contribution >= 4 is 0 Å². The second kappa shape index (κ2) is 24.1. The molecule has 3 rings (SSSR count). The molecule has 0 aromatic heterocycles. The van der Waals surface area contributed by atoms with E-state index in [-0.39, 0.29) is 0 Å². The predicted molar refractivity (Wildman–Crippen MR) is 210 cm³/mol. The Hall–Kier alpha value is -2.12. The fourth-order valence-electron chi connectivity index (χ4n) is 8.02. The summed E-state index contributed by atoms with van der Waals surface area (Å²) >= 11 is 0. The minimum Gasteiger partial charge on any atom is -0.299 e. The molecular weight excluding hydrogens is 567 g/mol. The van der Waals surface area contributed by atoms with Gasteiger partial charge in [-0.1, -0.05) is 171 Å². The monoisotopic (exact) mass is 640 g/mol. The molecule has 0 unspecified atom stereocenters. The maximum absolute atomic E-state index is 4.65. The summed E-state index contributed by atoms with van der Waals surface area (Å²) in [6, 6.07) is 11.0. The van der Waals surface area contributed by atoms with Crippen molar-refractivity contribution in [1.82, 2.24) is 4.90 Å². The molecule has 0 saturated carbocycles. The Bertz CT molecular complexity index is 1110. The van der Waals surface area contributed by atoms with Crippen LogP contribution in [0.25, 0.3) is 0 Å². The fraction of sp³-hybridized carbons (Fsp3) is 0.652. The van der Waals surface area contributed by atoms with Gasteiger partial charge in [-0.3, -0.25) is 4.90 Å². The van der Waals surface area contributed by atoms with Crippen LogP contribution >= 0.6 is 0 Å². The van der Waals surface area contributed by atoms with Crippen LogP contribution < -0.4 is 0 Å². The normalized spacial score (nSPS) is 17.5. The zero-order valence-electron chi connectivity index (χ0n) is 31.4. The Morgan fingerprint density at radius 1 is 0.745 bits per heavy atom. The maximum atomic E-state index is 4.65. The molecule has 47 heavy (non-hydrogen) atoms. The van der Waals surface area contributed by atoms with Crippen molar-refractivity contribution in [2.75, 3.05) is 13.1 Å². The molecule has 0 amide bonds. The molecule has 0 atom stereocenters. The highest BCUT2D eigenvalue weighted by Gasteiger charge is 2.26. The summed E-state index contributed by atoms with van der Waals surface area (Å²) < 4.78 is 0. The van der Waals surface area contributed by atoms with Gasteiger partial charge in [0.1, 0.15) is 0 Å². The van der Waals surface area contributed by atoms with Gasteiger partial charge in [0.15, 0.2) is 0 Å². The SMILES string of the molecule is C=C/C(CC)=C(\C=C1/CCC(CC2CCN(Cc3ccccc3)CC2)=C1CC(=C)CCCCCCCCCCCCCCCC)CC. The van der Waals surface area contributed by atoms with Gasteiger partial charge in [0, 0.05) is 6.54 Å². The van der Waals surface area contributed by atoms with Crippen molar-refractivity contribution in [3.63, 3.8) is 0 Å². The number of hydrogen-bond acceptors (Lipinski definition) is 1. The lowest BCUT2D eigenvalue weighted by molar-refractivity contribution is 0.176. The van der Waals surface area contributed by atoms with Gasteiger partial charge in [0.25, 0.3) is 0 Å². The molecule has 1 nitrogen and oxygen atoms in total. The molecule has 262 valence electrons. The second-order valence-electron chi connectivity index (χ2n) is 14.9. The van der Waals surface area contributed by atoms with Gasteiger partial charge in [-0.25, -0.2) is 0 Å². The molecule has 1 saturated heterocycles. The summed E-state index contributed by atoms with van der Waals surface area (Å²) in [6.07, 6.45) is 35.4. The third-order valence-corrected chi connectivity index (χ3v) is 11.1. The fourth-order valence-corrected chi connectivity index (χ4v) is 8.02. The minimum absolute atomic E-state index is 0.825. The molecule has 1 heterocycles. The summed E-state index contributed by atoms with van der Waals surface area (Å²) in [6.45, 7) is 19.2. The predicted octanol–water partition coefficient (Wildman–Crippen LogP) is 14.4. The van der Waals surface area contributed by atoms with Crippen LogP contribution in [0.4, 0.5) is 0 Å². The first-order valence-electron chi connectivity index (χ1n) is 20.3. The molecular formula is C46H73N. The van der Waals surface area contributed by atoms with Gasteiger partial charge in [-0.2, -0.15) is 0 Å². The number of likely N-dealkylation sites (tertiary alicyclic amines) is 1. The van der Waals surface area contributed by atoms with Crippen LogP contribution in [-0.4, -0.2) is 18.0 Å². The molecule has 0 bridgehead atoms. The van der Waals surface area contributed by atoms with Gasteiger partial charge in [-0.15, -0.1) is 0 Å². The summed E-state index contributed by atoms with van der Waals surface area (Å²) in [7, 11) is 0. The van der Waals surface area contributed by atoms with E-state index in [0.717, 1.165) is 31.7 Å². The molecule has 1 aromatic rings. The van der Waals surface area contributed by atoms with Crippen molar-refractivity contribution < 1.29 is 0 Å². The van der Waals surface area contributed by atoms with Gasteiger partial charge in [-0.05, 0) is 111 Å². The standard InChI is InChI=1S/C46H73N/c1-6-10-11-12-13-14-15-16-17-18-19-20-21-23-26-39(5)35-46-44(29-30-45(46)37-43(9-4)42(7-2)8-3)36-40-31-33-47(34-32-40)38-41-27-24-22-25-28-41/h7,22,24-25,27-28,37,40H,2,5-6,8-21,23,26,29-36,38H2,1,3-4H3/b43-42+,45-37+. The second-order valence-corrected chi connectivity index (χ2v) is 14.9. The van der Waals surface area contributed by atoms with E-state index in [1.54, 1.807) is 16.7 Å². The van der Waals surface area contributed by atoms with E-state index >= 15 is 0 Å². The van der Waals surface area contributed by atoms with Crippen molar-refractivity contribution in [2.24, 2.45) is 5.92 Å². The lowest BCUT2D eigenvalue weighted by Gasteiger charge is -2.32. The zero-order chi connectivity index (χ0) is 33.5. The van der Waals surface area contributed by atoms with Gasteiger partial charge in [0.2, 0.25) is 0 Å². The molecule has 1 heteroatoms. The Morgan fingerprint density at radius 3 is 1.87 bits per heavy atom. The lowest BCUT2D eigenvalue weighted by atomic mass is 9.86. The molecule has 2 aliphatic rings. The van der Waals surface area contributed by atoms with Gasteiger partial charge < -0.3 is 0 Å². The Balaban J connectivity index is 1.47. The van der Waals surface area contributed by atoms with Crippen molar-refractivity contribution in [3.05, 3.63) is 94.6 Å². The van der Waals surface area contributed by atoms with Crippen LogP contribution in [-0.2, 0) is 6.54 Å². The Kier molecular flexibility index (Phi) is 20.1. The van der Waals surface area contributed by atoms with E-state index in [2.05, 4.69) is 81.3 Å². The van der Waals surface area contributed by atoms with Crippen molar-refractivity contribution in [2.45, 2.75) is 175 Å². The first kappa shape index (κ1) is 39.3. The smallest absolute Gasteiger partial charge is 0.0233 e. The summed E-state index contributed by atoms with van der Waals surface area (Å²) in [5, 5.41) is 0. The topological polar surface area (TPSA) is 3.24 Å². The Morgan fingerprint density at radius 2 is 1.32 bits per heavy atom. The highest BCUT2D eigenvalue weighted by atomic mass is 15.1. The van der Waals surface area contributed by atoms with E-state index in [9.17, 15) is 0 Å². The molecule has 1 aliphatic heterocycles. The highest BCUT2D eigenvalue weighted by molar-refractivity contribution is 5.48. The third-order valence-electron chi connectivity index (χ3n) is 11.1. The molecule has 1 aliphatic carbocycles. The molecule has 0 N–H and O–H groups in total. The van der Waals surface area contributed by atoms with Crippen LogP contribution in [0.5, 0.6) is 0 Å². The van der Waals surface area contributed by atoms with Gasteiger partial charge in [0.05, 0.1) is 0 Å². The number of allylic oxidation sites excluding steroid dienone is 8. The minimum atomic E-state index is 0.825.